The highest BCUT2D eigenvalue weighted by atomic mass is 16.3. The Labute approximate surface area is 156 Å². The largest absolute Gasteiger partial charge is 0.437 e. The van der Waals surface area contributed by atoms with Gasteiger partial charge in [0.25, 0.3) is 0 Å². The van der Waals surface area contributed by atoms with Crippen molar-refractivity contribution in [3.05, 3.63) is 75.9 Å². The van der Waals surface area contributed by atoms with Crippen LogP contribution in [-0.2, 0) is 5.41 Å². The Kier molecular flexibility index (Phi) is 3.82. The van der Waals surface area contributed by atoms with Crippen molar-refractivity contribution >= 4 is 22.1 Å². The first-order chi connectivity index (χ1) is 12.9. The molecule has 27 heavy (non-hydrogen) atoms. The maximum atomic E-state index is 12.7. The standard InChI is InChI=1S/C23H18N2O2/c1-23(2,3)16-10-8-14(9-11-16)20-15(13-24)12-18-21(26)17-6-4-5-7-19(17)27-22(18)25-20/h4-12H,1-3H3. The predicted molar refractivity (Wildman–Crippen MR) is 107 cm³/mol. The van der Waals surface area contributed by atoms with Gasteiger partial charge < -0.3 is 4.42 Å². The Bertz CT molecular complexity index is 1270. The SMILES string of the molecule is CC(C)(C)c1ccc(-c2nc3oc4ccccc4c(=O)c3cc2C#N)cc1. The second-order valence-corrected chi connectivity index (χ2v) is 7.60. The highest BCUT2D eigenvalue weighted by Gasteiger charge is 2.17. The molecule has 4 heteroatoms. The molecule has 0 aliphatic rings. The van der Waals surface area contributed by atoms with Crippen LogP contribution in [0.3, 0.4) is 0 Å². The van der Waals surface area contributed by atoms with Gasteiger partial charge in [0.15, 0.2) is 0 Å². The number of nitriles is 1. The monoisotopic (exact) mass is 354 g/mol. The lowest BCUT2D eigenvalue weighted by Gasteiger charge is -2.19. The Balaban J connectivity index is 1.97. The van der Waals surface area contributed by atoms with E-state index in [0.717, 1.165) is 5.56 Å². The number of aromatic nitrogens is 1. The lowest BCUT2D eigenvalue weighted by atomic mass is 9.86. The molecule has 0 spiro atoms. The van der Waals surface area contributed by atoms with Crippen LogP contribution in [-0.4, -0.2) is 4.98 Å². The summed E-state index contributed by atoms with van der Waals surface area (Å²) >= 11 is 0. The molecule has 0 saturated heterocycles. The van der Waals surface area contributed by atoms with Crippen LogP contribution < -0.4 is 5.43 Å². The van der Waals surface area contributed by atoms with Crippen LogP contribution in [0.15, 0.2) is 63.8 Å². The highest BCUT2D eigenvalue weighted by Crippen LogP contribution is 2.29. The van der Waals surface area contributed by atoms with E-state index in [0.29, 0.717) is 27.6 Å². The van der Waals surface area contributed by atoms with E-state index in [4.69, 9.17) is 4.42 Å². The van der Waals surface area contributed by atoms with Gasteiger partial charge in [0.2, 0.25) is 11.1 Å². The van der Waals surface area contributed by atoms with E-state index in [-0.39, 0.29) is 16.6 Å². The molecule has 0 aliphatic heterocycles. The summed E-state index contributed by atoms with van der Waals surface area (Å²) in [6, 6.07) is 18.8. The molecule has 4 aromatic rings. The normalized spacial score (nSPS) is 11.6. The van der Waals surface area contributed by atoms with Gasteiger partial charge in [-0.05, 0) is 29.2 Å². The molecule has 4 rings (SSSR count). The van der Waals surface area contributed by atoms with Crippen molar-refractivity contribution in [3.8, 4) is 17.3 Å². The van der Waals surface area contributed by atoms with Crippen LogP contribution >= 0.6 is 0 Å². The van der Waals surface area contributed by atoms with Gasteiger partial charge in [0.05, 0.1) is 22.0 Å². The maximum absolute atomic E-state index is 12.7. The van der Waals surface area contributed by atoms with E-state index < -0.39 is 0 Å². The zero-order chi connectivity index (χ0) is 19.2. The Hall–Kier alpha value is -3.45. The van der Waals surface area contributed by atoms with Gasteiger partial charge in [0, 0.05) is 5.56 Å². The molecule has 132 valence electrons. The van der Waals surface area contributed by atoms with Crippen molar-refractivity contribution in [3.63, 3.8) is 0 Å². The molecule has 2 aromatic heterocycles. The van der Waals surface area contributed by atoms with Crippen LogP contribution in [0.4, 0.5) is 0 Å². The van der Waals surface area contributed by atoms with Crippen molar-refractivity contribution in [2.75, 3.05) is 0 Å². The van der Waals surface area contributed by atoms with Crippen LogP contribution in [0.2, 0.25) is 0 Å². The zero-order valence-electron chi connectivity index (χ0n) is 15.4. The summed E-state index contributed by atoms with van der Waals surface area (Å²) in [6.07, 6.45) is 0. The fourth-order valence-corrected chi connectivity index (χ4v) is 3.16. The van der Waals surface area contributed by atoms with Gasteiger partial charge in [-0.2, -0.15) is 5.26 Å². The van der Waals surface area contributed by atoms with Crippen molar-refractivity contribution in [2.45, 2.75) is 26.2 Å². The van der Waals surface area contributed by atoms with Crippen LogP contribution in [0, 0.1) is 11.3 Å². The van der Waals surface area contributed by atoms with Gasteiger partial charge in [0.1, 0.15) is 11.7 Å². The molecule has 0 amide bonds. The topological polar surface area (TPSA) is 66.9 Å². The average molecular weight is 354 g/mol. The number of nitrogens with zero attached hydrogens (tertiary/aromatic N) is 2. The Morgan fingerprint density at radius 2 is 1.70 bits per heavy atom. The molecule has 0 N–H and O–H groups in total. The molecule has 0 atom stereocenters. The molecule has 0 unspecified atom stereocenters. The van der Waals surface area contributed by atoms with E-state index in [1.807, 2.05) is 30.3 Å². The molecule has 0 bridgehead atoms. The lowest BCUT2D eigenvalue weighted by Crippen LogP contribution is -2.10. The molecule has 2 heterocycles. The third-order valence-electron chi connectivity index (χ3n) is 4.72. The molecule has 0 saturated carbocycles. The van der Waals surface area contributed by atoms with E-state index in [9.17, 15) is 10.1 Å². The second kappa shape index (κ2) is 6.07. The fraction of sp³-hybridized carbons (Fsp3) is 0.174. The average Bonchev–Trinajstić information content (AvgIpc) is 2.67. The maximum Gasteiger partial charge on any atom is 0.231 e. The van der Waals surface area contributed by atoms with Gasteiger partial charge in [-0.3, -0.25) is 4.79 Å². The minimum Gasteiger partial charge on any atom is -0.437 e. The molecule has 0 fully saturated rings. The van der Waals surface area contributed by atoms with Crippen LogP contribution in [0.1, 0.15) is 31.9 Å². The summed E-state index contributed by atoms with van der Waals surface area (Å²) in [7, 11) is 0. The summed E-state index contributed by atoms with van der Waals surface area (Å²) in [4.78, 5) is 17.3. The van der Waals surface area contributed by atoms with Crippen molar-refractivity contribution in [1.82, 2.24) is 4.98 Å². The van der Waals surface area contributed by atoms with Crippen LogP contribution in [0.5, 0.6) is 0 Å². The number of hydrogen-bond donors (Lipinski definition) is 0. The first-order valence-electron chi connectivity index (χ1n) is 8.76. The van der Waals surface area contributed by atoms with E-state index in [1.165, 1.54) is 5.56 Å². The van der Waals surface area contributed by atoms with Gasteiger partial charge in [-0.1, -0.05) is 57.2 Å². The number of rotatable bonds is 1. The second-order valence-electron chi connectivity index (χ2n) is 7.60. The van der Waals surface area contributed by atoms with Crippen molar-refractivity contribution in [2.24, 2.45) is 0 Å². The molecule has 2 aromatic carbocycles. The van der Waals surface area contributed by atoms with Gasteiger partial charge >= 0.3 is 0 Å². The molecule has 4 nitrogen and oxygen atoms in total. The third-order valence-corrected chi connectivity index (χ3v) is 4.72. The summed E-state index contributed by atoms with van der Waals surface area (Å²) < 4.78 is 5.85. The van der Waals surface area contributed by atoms with E-state index in [2.05, 4.69) is 31.8 Å². The summed E-state index contributed by atoms with van der Waals surface area (Å²) in [6.45, 7) is 6.45. The Morgan fingerprint density at radius 1 is 1.00 bits per heavy atom. The zero-order valence-corrected chi connectivity index (χ0v) is 15.4. The van der Waals surface area contributed by atoms with Crippen LogP contribution in [0.25, 0.3) is 33.3 Å². The number of para-hydroxylation sites is 1. The van der Waals surface area contributed by atoms with Crippen molar-refractivity contribution < 1.29 is 4.42 Å². The minimum atomic E-state index is -0.175. The van der Waals surface area contributed by atoms with Crippen molar-refractivity contribution in [1.29, 1.82) is 5.26 Å². The van der Waals surface area contributed by atoms with E-state index >= 15 is 0 Å². The summed E-state index contributed by atoms with van der Waals surface area (Å²) in [5.74, 6) is 0. The number of hydrogen-bond acceptors (Lipinski definition) is 4. The van der Waals surface area contributed by atoms with Gasteiger partial charge in [-0.15, -0.1) is 0 Å². The van der Waals surface area contributed by atoms with Gasteiger partial charge in [-0.25, -0.2) is 4.98 Å². The number of benzene rings is 2. The molecule has 0 aliphatic carbocycles. The summed E-state index contributed by atoms with van der Waals surface area (Å²) in [5, 5.41) is 10.4. The quantitative estimate of drug-likeness (QED) is 0.442. The first-order valence-corrected chi connectivity index (χ1v) is 8.76. The molecular formula is C23H18N2O2. The number of pyridine rings is 1. The minimum absolute atomic E-state index is 0.0408. The molecular weight excluding hydrogens is 336 g/mol. The fourth-order valence-electron chi connectivity index (χ4n) is 3.16. The lowest BCUT2D eigenvalue weighted by molar-refractivity contribution is 0.590. The number of fused-ring (bicyclic) bond motifs is 2. The highest BCUT2D eigenvalue weighted by molar-refractivity contribution is 5.90. The predicted octanol–water partition coefficient (Wildman–Crippen LogP) is 5.18. The first kappa shape index (κ1) is 17.0. The Morgan fingerprint density at radius 3 is 2.37 bits per heavy atom. The summed E-state index contributed by atoms with van der Waals surface area (Å²) in [5.41, 5.74) is 3.48. The smallest absolute Gasteiger partial charge is 0.231 e. The third kappa shape index (κ3) is 2.88. The van der Waals surface area contributed by atoms with E-state index in [1.54, 1.807) is 24.3 Å². The molecule has 0 radical (unpaired) electrons.